The van der Waals surface area contributed by atoms with Gasteiger partial charge in [0.1, 0.15) is 0 Å². The molecule has 0 spiro atoms. The lowest BCUT2D eigenvalue weighted by atomic mass is 10.2. The van der Waals surface area contributed by atoms with Gasteiger partial charge in [0.25, 0.3) is 0 Å². The number of hydrogen-bond donors (Lipinski definition) is 2. The Balaban J connectivity index is 1.96. The summed E-state index contributed by atoms with van der Waals surface area (Å²) in [7, 11) is 0. The van der Waals surface area contributed by atoms with Crippen molar-refractivity contribution in [1.82, 2.24) is 0 Å². The Hall–Kier alpha value is -2.21. The normalized spacial score (nSPS) is 10.3. The van der Waals surface area contributed by atoms with Crippen molar-refractivity contribution < 1.29 is 18.0 Å². The molecule has 2 aromatic rings. The first-order chi connectivity index (χ1) is 9.97. The van der Waals surface area contributed by atoms with Crippen LogP contribution in [-0.4, -0.2) is 12.5 Å². The summed E-state index contributed by atoms with van der Waals surface area (Å²) in [6.45, 7) is -0.167. The quantitative estimate of drug-likeness (QED) is 0.843. The van der Waals surface area contributed by atoms with E-state index in [9.17, 15) is 18.0 Å². The molecule has 0 unspecified atom stereocenters. The second-order valence-corrected chi connectivity index (χ2v) is 4.57. The van der Waals surface area contributed by atoms with E-state index in [4.69, 9.17) is 11.6 Å². The SMILES string of the molecule is O=C(CNc1ccc(Cl)cc1)Nc1ccc(F)c(F)c1F. The Bertz CT molecular complexity index is 662. The van der Waals surface area contributed by atoms with Gasteiger partial charge in [0.2, 0.25) is 5.91 Å². The number of anilines is 2. The molecule has 0 atom stereocenters. The Morgan fingerprint density at radius 3 is 2.33 bits per heavy atom. The van der Waals surface area contributed by atoms with Crippen LogP contribution in [0.2, 0.25) is 5.02 Å². The molecule has 21 heavy (non-hydrogen) atoms. The predicted molar refractivity (Wildman–Crippen MR) is 74.9 cm³/mol. The first-order valence-electron chi connectivity index (χ1n) is 5.90. The molecule has 0 aromatic heterocycles. The van der Waals surface area contributed by atoms with Crippen LogP contribution < -0.4 is 10.6 Å². The molecule has 0 aliphatic carbocycles. The summed E-state index contributed by atoms with van der Waals surface area (Å²) >= 11 is 5.71. The molecule has 0 aliphatic rings. The number of rotatable bonds is 4. The summed E-state index contributed by atoms with van der Waals surface area (Å²) < 4.78 is 39.1. The Labute approximate surface area is 123 Å². The average Bonchev–Trinajstić information content (AvgIpc) is 2.47. The maximum Gasteiger partial charge on any atom is 0.243 e. The molecular weight excluding hydrogens is 305 g/mol. The molecule has 2 N–H and O–H groups in total. The van der Waals surface area contributed by atoms with Gasteiger partial charge < -0.3 is 10.6 Å². The van der Waals surface area contributed by atoms with E-state index in [0.29, 0.717) is 10.7 Å². The van der Waals surface area contributed by atoms with Crippen LogP contribution in [0.15, 0.2) is 36.4 Å². The zero-order valence-corrected chi connectivity index (χ0v) is 11.3. The van der Waals surface area contributed by atoms with Gasteiger partial charge in [-0.2, -0.15) is 0 Å². The lowest BCUT2D eigenvalue weighted by molar-refractivity contribution is -0.114. The van der Waals surface area contributed by atoms with E-state index in [-0.39, 0.29) is 6.54 Å². The number of carbonyl (C=O) groups excluding carboxylic acids is 1. The van der Waals surface area contributed by atoms with Gasteiger partial charge in [0, 0.05) is 10.7 Å². The minimum Gasteiger partial charge on any atom is -0.376 e. The highest BCUT2D eigenvalue weighted by molar-refractivity contribution is 6.30. The fraction of sp³-hybridized carbons (Fsp3) is 0.0714. The minimum atomic E-state index is -1.63. The van der Waals surface area contributed by atoms with Gasteiger partial charge in [-0.25, -0.2) is 13.2 Å². The molecular formula is C14H10ClF3N2O. The van der Waals surface area contributed by atoms with Crippen LogP contribution in [0.1, 0.15) is 0 Å². The van der Waals surface area contributed by atoms with Crippen molar-refractivity contribution in [3.63, 3.8) is 0 Å². The van der Waals surface area contributed by atoms with Crippen LogP contribution in [0.3, 0.4) is 0 Å². The van der Waals surface area contributed by atoms with E-state index in [1.807, 2.05) is 0 Å². The first kappa shape index (κ1) is 15.2. The molecule has 0 saturated heterocycles. The Kier molecular flexibility index (Phi) is 4.70. The van der Waals surface area contributed by atoms with Gasteiger partial charge in [-0.3, -0.25) is 4.79 Å². The van der Waals surface area contributed by atoms with Gasteiger partial charge in [-0.05, 0) is 36.4 Å². The average molecular weight is 315 g/mol. The van der Waals surface area contributed by atoms with Crippen molar-refractivity contribution in [3.05, 3.63) is 58.9 Å². The summed E-state index contributed by atoms with van der Waals surface area (Å²) in [5.74, 6) is -4.98. The number of carbonyl (C=O) groups is 1. The van der Waals surface area contributed by atoms with Crippen LogP contribution >= 0.6 is 11.6 Å². The maximum atomic E-state index is 13.4. The van der Waals surface area contributed by atoms with Crippen molar-refractivity contribution >= 4 is 28.9 Å². The molecule has 0 saturated carbocycles. The van der Waals surface area contributed by atoms with Crippen LogP contribution in [-0.2, 0) is 4.79 Å². The monoisotopic (exact) mass is 314 g/mol. The van der Waals surface area contributed by atoms with E-state index < -0.39 is 29.0 Å². The topological polar surface area (TPSA) is 41.1 Å². The highest BCUT2D eigenvalue weighted by atomic mass is 35.5. The van der Waals surface area contributed by atoms with E-state index in [1.54, 1.807) is 24.3 Å². The zero-order valence-electron chi connectivity index (χ0n) is 10.6. The second kappa shape index (κ2) is 6.49. The molecule has 110 valence electrons. The lowest BCUT2D eigenvalue weighted by Gasteiger charge is -2.09. The smallest absolute Gasteiger partial charge is 0.243 e. The summed E-state index contributed by atoms with van der Waals surface area (Å²) in [5, 5.41) is 5.48. The molecule has 3 nitrogen and oxygen atoms in total. The molecule has 0 bridgehead atoms. The fourth-order valence-electron chi connectivity index (χ4n) is 1.57. The lowest BCUT2D eigenvalue weighted by Crippen LogP contribution is -2.22. The Morgan fingerprint density at radius 2 is 1.67 bits per heavy atom. The molecule has 7 heteroatoms. The van der Waals surface area contributed by atoms with Crippen molar-refractivity contribution in [2.24, 2.45) is 0 Å². The first-order valence-corrected chi connectivity index (χ1v) is 6.28. The van der Waals surface area contributed by atoms with Crippen molar-refractivity contribution in [1.29, 1.82) is 0 Å². The van der Waals surface area contributed by atoms with Crippen molar-refractivity contribution in [2.45, 2.75) is 0 Å². The van der Waals surface area contributed by atoms with Crippen LogP contribution in [0.25, 0.3) is 0 Å². The van der Waals surface area contributed by atoms with Crippen LogP contribution in [0.4, 0.5) is 24.5 Å². The molecule has 0 aliphatic heterocycles. The number of halogens is 4. The number of amides is 1. The molecule has 2 rings (SSSR count). The number of nitrogens with one attached hydrogen (secondary N) is 2. The third-order valence-electron chi connectivity index (χ3n) is 2.61. The third-order valence-corrected chi connectivity index (χ3v) is 2.86. The second-order valence-electron chi connectivity index (χ2n) is 4.13. The van der Waals surface area contributed by atoms with E-state index in [1.165, 1.54) is 0 Å². The number of benzene rings is 2. The van der Waals surface area contributed by atoms with Gasteiger partial charge in [-0.15, -0.1) is 0 Å². The zero-order chi connectivity index (χ0) is 15.4. The molecule has 0 radical (unpaired) electrons. The fourth-order valence-corrected chi connectivity index (χ4v) is 1.69. The minimum absolute atomic E-state index is 0.167. The largest absolute Gasteiger partial charge is 0.376 e. The van der Waals surface area contributed by atoms with Gasteiger partial charge in [-0.1, -0.05) is 11.6 Å². The summed E-state index contributed by atoms with van der Waals surface area (Å²) in [5.41, 5.74) is 0.220. The van der Waals surface area contributed by atoms with E-state index in [0.717, 1.165) is 12.1 Å². The van der Waals surface area contributed by atoms with Crippen molar-refractivity contribution in [3.8, 4) is 0 Å². The van der Waals surface area contributed by atoms with Gasteiger partial charge >= 0.3 is 0 Å². The number of hydrogen-bond acceptors (Lipinski definition) is 2. The predicted octanol–water partition coefficient (Wildman–Crippen LogP) is 3.81. The van der Waals surface area contributed by atoms with Crippen LogP contribution in [0, 0.1) is 17.5 Å². The molecule has 0 heterocycles. The third kappa shape index (κ3) is 3.88. The van der Waals surface area contributed by atoms with Gasteiger partial charge in [0.05, 0.1) is 12.2 Å². The molecule has 2 aromatic carbocycles. The summed E-state index contributed by atoms with van der Waals surface area (Å²) in [6.07, 6.45) is 0. The Morgan fingerprint density at radius 1 is 1.00 bits per heavy atom. The standard InChI is InChI=1S/C14H10ClF3N2O/c15-8-1-3-9(4-2-8)19-7-12(21)20-11-6-5-10(16)13(17)14(11)18/h1-6,19H,7H2,(H,20,21). The molecule has 0 fully saturated rings. The highest BCUT2D eigenvalue weighted by Gasteiger charge is 2.14. The van der Waals surface area contributed by atoms with E-state index in [2.05, 4.69) is 10.6 Å². The van der Waals surface area contributed by atoms with Gasteiger partial charge in [0.15, 0.2) is 17.5 Å². The molecule has 1 amide bonds. The van der Waals surface area contributed by atoms with Crippen LogP contribution in [0.5, 0.6) is 0 Å². The summed E-state index contributed by atoms with van der Waals surface area (Å²) in [4.78, 5) is 11.6. The van der Waals surface area contributed by atoms with Crippen molar-refractivity contribution in [2.75, 3.05) is 17.2 Å². The highest BCUT2D eigenvalue weighted by Crippen LogP contribution is 2.19. The maximum absolute atomic E-state index is 13.4. The van der Waals surface area contributed by atoms with E-state index >= 15 is 0 Å². The summed E-state index contributed by atoms with van der Waals surface area (Å²) in [6, 6.07) is 8.28.